The van der Waals surface area contributed by atoms with Gasteiger partial charge in [-0.05, 0) is 71.8 Å². The number of hydrogen-bond acceptors (Lipinski definition) is 2. The van der Waals surface area contributed by atoms with Gasteiger partial charge in [-0.1, -0.05) is 61.5 Å². The summed E-state index contributed by atoms with van der Waals surface area (Å²) in [7, 11) is 0. The Morgan fingerprint density at radius 3 is 2.17 bits per heavy atom. The minimum absolute atomic E-state index is 0. The van der Waals surface area contributed by atoms with E-state index >= 15 is 0 Å². The van der Waals surface area contributed by atoms with Gasteiger partial charge in [-0.3, -0.25) is 4.98 Å². The van der Waals surface area contributed by atoms with Gasteiger partial charge in [-0.2, -0.15) is 0 Å². The largest absolute Gasteiger partial charge is 2.00 e. The molecule has 200 valence electrons. The molecule has 6 aromatic rings. The molecule has 40 heavy (non-hydrogen) atoms. The maximum atomic E-state index is 5.36. The number of nitrogens with zero attached hydrogens (tertiary/aromatic N) is 2. The third-order valence-electron chi connectivity index (χ3n) is 7.12. The fourth-order valence-corrected chi connectivity index (χ4v) is 5.55. The topological polar surface area (TPSA) is 25.8 Å². The SMILES string of the molecule is C.Cc1cc(C)c(C(c2[c-]c(-c3ccccn3)ccc2)c2cc3ccccc3c(-c3[c-]cccc3)n2)c(C)c1.[Pt+2]. The number of hydrogen-bond donors (Lipinski definition) is 0. The van der Waals surface area contributed by atoms with Gasteiger partial charge in [0.25, 0.3) is 0 Å². The maximum absolute atomic E-state index is 5.36. The minimum atomic E-state index is -0.0914. The molecule has 4 aromatic carbocycles. The molecule has 0 aliphatic rings. The van der Waals surface area contributed by atoms with Crippen molar-refractivity contribution in [1.82, 2.24) is 9.97 Å². The first-order valence-corrected chi connectivity index (χ1v) is 13.0. The van der Waals surface area contributed by atoms with Crippen LogP contribution in [-0.4, -0.2) is 9.97 Å². The summed E-state index contributed by atoms with van der Waals surface area (Å²) in [5.41, 5.74) is 11.0. The Labute approximate surface area is 252 Å². The van der Waals surface area contributed by atoms with Crippen molar-refractivity contribution in [3.8, 4) is 22.5 Å². The summed E-state index contributed by atoms with van der Waals surface area (Å²) in [4.78, 5) is 9.95. The summed E-state index contributed by atoms with van der Waals surface area (Å²) in [6.07, 6.45) is 1.83. The average molecular weight is 700 g/mol. The second-order valence-electron chi connectivity index (χ2n) is 9.87. The number of aryl methyl sites for hydroxylation is 3. The summed E-state index contributed by atoms with van der Waals surface area (Å²) in [6.45, 7) is 6.57. The van der Waals surface area contributed by atoms with Gasteiger partial charge in [0.1, 0.15) is 0 Å². The van der Waals surface area contributed by atoms with Gasteiger partial charge in [0.15, 0.2) is 0 Å². The summed E-state index contributed by atoms with van der Waals surface area (Å²) in [5.74, 6) is -0.0914. The maximum Gasteiger partial charge on any atom is 2.00 e. The van der Waals surface area contributed by atoms with E-state index in [-0.39, 0.29) is 34.4 Å². The molecule has 0 saturated heterocycles. The van der Waals surface area contributed by atoms with E-state index in [1.807, 2.05) is 42.6 Å². The van der Waals surface area contributed by atoms with E-state index in [9.17, 15) is 0 Å². The summed E-state index contributed by atoms with van der Waals surface area (Å²) in [5, 5.41) is 2.29. The molecular weight excluding hydrogens is 667 g/mol. The van der Waals surface area contributed by atoms with E-state index in [0.717, 1.165) is 44.5 Å². The third kappa shape index (κ3) is 5.69. The van der Waals surface area contributed by atoms with Crippen molar-refractivity contribution in [1.29, 1.82) is 0 Å². The van der Waals surface area contributed by atoms with Crippen molar-refractivity contribution in [2.45, 2.75) is 34.1 Å². The van der Waals surface area contributed by atoms with E-state index in [1.54, 1.807) is 0 Å². The molecule has 0 N–H and O–H groups in total. The van der Waals surface area contributed by atoms with Crippen LogP contribution < -0.4 is 0 Å². The van der Waals surface area contributed by atoms with Gasteiger partial charge in [-0.25, -0.2) is 0 Å². The molecule has 2 heterocycles. The third-order valence-corrected chi connectivity index (χ3v) is 7.12. The van der Waals surface area contributed by atoms with E-state index in [2.05, 4.69) is 105 Å². The molecule has 0 fully saturated rings. The zero-order valence-corrected chi connectivity index (χ0v) is 24.5. The van der Waals surface area contributed by atoms with Crippen LogP contribution in [-0.2, 0) is 21.1 Å². The standard InChI is InChI=1S/C36H28N2.CH4.Pt/c1-24-20-25(2)34(26(3)21-24)35(30-16-11-15-29(22-30)32-18-9-10-19-37-32)33-23-28-14-7-8-17-31(28)36(38-33)27-12-5-4-6-13-27;;/h4-12,14-21,23,35H,1-3H3;1H4;/q-2;;+2. The molecule has 0 aliphatic carbocycles. The molecule has 0 saturated carbocycles. The van der Waals surface area contributed by atoms with Crippen LogP contribution in [0, 0.1) is 32.9 Å². The van der Waals surface area contributed by atoms with Crippen molar-refractivity contribution < 1.29 is 21.1 Å². The van der Waals surface area contributed by atoms with Crippen molar-refractivity contribution in [2.75, 3.05) is 0 Å². The second kappa shape index (κ2) is 12.5. The molecule has 1 atom stereocenters. The Balaban J connectivity index is 0.00000185. The van der Waals surface area contributed by atoms with Crippen LogP contribution in [0.4, 0.5) is 0 Å². The van der Waals surface area contributed by atoms with Gasteiger partial charge >= 0.3 is 21.1 Å². The first-order chi connectivity index (χ1) is 18.6. The molecule has 2 aromatic heterocycles. The number of aromatic nitrogens is 2. The number of fused-ring (bicyclic) bond motifs is 1. The fraction of sp³-hybridized carbons (Fsp3) is 0.135. The Bertz CT molecular complexity index is 1720. The van der Waals surface area contributed by atoms with Crippen LogP contribution >= 0.6 is 0 Å². The Kier molecular flexibility index (Phi) is 9.13. The molecule has 2 nitrogen and oxygen atoms in total. The normalized spacial score (nSPS) is 11.4. The van der Waals surface area contributed by atoms with E-state index < -0.39 is 0 Å². The monoisotopic (exact) mass is 699 g/mol. The molecule has 0 amide bonds. The minimum Gasteiger partial charge on any atom is -0.305 e. The first kappa shape index (κ1) is 29.1. The van der Waals surface area contributed by atoms with Crippen LogP contribution in [0.15, 0.2) is 109 Å². The van der Waals surface area contributed by atoms with E-state index in [1.165, 1.54) is 22.3 Å². The number of rotatable bonds is 5. The first-order valence-electron chi connectivity index (χ1n) is 13.0. The quantitative estimate of drug-likeness (QED) is 0.168. The molecule has 6 rings (SSSR count). The fourth-order valence-electron chi connectivity index (χ4n) is 5.55. The molecular formula is C37H32N2Pt. The van der Waals surface area contributed by atoms with Crippen molar-refractivity contribution in [3.63, 3.8) is 0 Å². The van der Waals surface area contributed by atoms with E-state index in [4.69, 9.17) is 4.98 Å². The van der Waals surface area contributed by atoms with Crippen molar-refractivity contribution >= 4 is 10.8 Å². The van der Waals surface area contributed by atoms with Gasteiger partial charge in [-0.15, -0.1) is 71.3 Å². The average Bonchev–Trinajstić information content (AvgIpc) is 2.95. The van der Waals surface area contributed by atoms with Crippen LogP contribution in [0.3, 0.4) is 0 Å². The van der Waals surface area contributed by atoms with Gasteiger partial charge < -0.3 is 4.98 Å². The summed E-state index contributed by atoms with van der Waals surface area (Å²) in [6, 6.07) is 42.8. The predicted octanol–water partition coefficient (Wildman–Crippen LogP) is 9.30. The number of benzene rings is 4. The Hall–Kier alpha value is -3.87. The zero-order chi connectivity index (χ0) is 26.1. The Morgan fingerprint density at radius 1 is 0.725 bits per heavy atom. The van der Waals surface area contributed by atoms with Crippen molar-refractivity contribution in [2.24, 2.45) is 0 Å². The van der Waals surface area contributed by atoms with Crippen LogP contribution in [0.2, 0.25) is 0 Å². The van der Waals surface area contributed by atoms with Gasteiger partial charge in [0, 0.05) is 17.8 Å². The molecule has 3 heteroatoms. The second-order valence-corrected chi connectivity index (χ2v) is 9.87. The number of pyridine rings is 2. The van der Waals surface area contributed by atoms with Crippen molar-refractivity contribution in [3.05, 3.63) is 155 Å². The predicted molar refractivity (Wildman–Crippen MR) is 163 cm³/mol. The zero-order valence-electron chi connectivity index (χ0n) is 22.2. The Morgan fingerprint density at radius 2 is 1.45 bits per heavy atom. The van der Waals surface area contributed by atoms with Crippen LogP contribution in [0.5, 0.6) is 0 Å². The molecule has 0 spiro atoms. The molecule has 1 unspecified atom stereocenters. The molecule has 0 bridgehead atoms. The van der Waals surface area contributed by atoms with Crippen LogP contribution in [0.25, 0.3) is 33.3 Å². The van der Waals surface area contributed by atoms with E-state index in [0.29, 0.717) is 0 Å². The van der Waals surface area contributed by atoms with Gasteiger partial charge in [0.05, 0.1) is 0 Å². The van der Waals surface area contributed by atoms with Crippen LogP contribution in [0.1, 0.15) is 46.9 Å². The summed E-state index contributed by atoms with van der Waals surface area (Å²) < 4.78 is 0. The van der Waals surface area contributed by atoms with Gasteiger partial charge in [0.2, 0.25) is 0 Å². The molecule has 0 radical (unpaired) electrons. The molecule has 0 aliphatic heterocycles. The summed E-state index contributed by atoms with van der Waals surface area (Å²) >= 11 is 0. The smallest absolute Gasteiger partial charge is 0.305 e.